The normalized spacial score (nSPS) is 29.2. The fourth-order valence-electron chi connectivity index (χ4n) is 4.94. The molecule has 3 N–H and O–H groups in total. The summed E-state index contributed by atoms with van der Waals surface area (Å²) in [5.41, 5.74) is 2.99. The summed E-state index contributed by atoms with van der Waals surface area (Å²) in [7, 11) is 0. The lowest BCUT2D eigenvalue weighted by Crippen LogP contribution is -2.46. The summed E-state index contributed by atoms with van der Waals surface area (Å²) in [6.07, 6.45) is 7.44. The SMILES string of the molecule is CCCNC(=O)[C@H]1N[C@H]2c3ccc(C4=CCCCC4)c(=O)n3C[C@H]2[C@@H]1CO. The summed E-state index contributed by atoms with van der Waals surface area (Å²) in [5, 5.41) is 16.3. The number of carbonyl (C=O) groups is 1. The number of carbonyl (C=O) groups excluding carboxylic acids is 1. The van der Waals surface area contributed by atoms with Gasteiger partial charge in [0.15, 0.2) is 0 Å². The van der Waals surface area contributed by atoms with Crippen LogP contribution in [0.25, 0.3) is 5.57 Å². The molecule has 0 radical (unpaired) electrons. The molecule has 0 spiro atoms. The standard InChI is InChI=1S/C21H29N3O3/c1-2-10-22-20(26)19-16(12-25)15-11-24-17(18(15)23-19)9-8-14(21(24)27)13-6-4-3-5-7-13/h6,8-9,15-16,18-19,23,25H,2-5,7,10-12H2,1H3,(H,22,26)/t15-,16-,18+,19-/m0/s1. The summed E-state index contributed by atoms with van der Waals surface area (Å²) in [5.74, 6) is -0.164. The highest BCUT2D eigenvalue weighted by Crippen LogP contribution is 2.42. The number of nitrogens with zero attached hydrogens (tertiary/aromatic N) is 1. The fourth-order valence-corrected chi connectivity index (χ4v) is 4.94. The zero-order chi connectivity index (χ0) is 19.0. The van der Waals surface area contributed by atoms with Crippen molar-refractivity contribution in [2.45, 2.75) is 57.7 Å². The molecule has 1 amide bonds. The van der Waals surface area contributed by atoms with Crippen LogP contribution in [0.5, 0.6) is 0 Å². The number of nitrogens with one attached hydrogen (secondary N) is 2. The van der Waals surface area contributed by atoms with Crippen molar-refractivity contribution in [3.8, 4) is 0 Å². The number of aromatic nitrogens is 1. The topological polar surface area (TPSA) is 83.4 Å². The molecule has 0 unspecified atom stereocenters. The number of rotatable bonds is 5. The van der Waals surface area contributed by atoms with Crippen LogP contribution in [-0.4, -0.2) is 34.8 Å². The number of hydrogen-bond acceptors (Lipinski definition) is 4. The Labute approximate surface area is 159 Å². The van der Waals surface area contributed by atoms with Crippen molar-refractivity contribution in [3.05, 3.63) is 39.8 Å². The Morgan fingerprint density at radius 2 is 2.22 bits per heavy atom. The number of aliphatic hydroxyl groups excluding tert-OH is 1. The fraction of sp³-hybridized carbons (Fsp3) is 0.619. The molecule has 0 aromatic carbocycles. The van der Waals surface area contributed by atoms with E-state index in [-0.39, 0.29) is 36.0 Å². The molecule has 6 nitrogen and oxygen atoms in total. The second-order valence-electron chi connectivity index (χ2n) is 7.99. The van der Waals surface area contributed by atoms with Crippen molar-refractivity contribution in [3.63, 3.8) is 0 Å². The maximum Gasteiger partial charge on any atom is 0.258 e. The predicted octanol–water partition coefficient (Wildman–Crippen LogP) is 1.58. The Bertz CT molecular complexity index is 813. The first-order chi connectivity index (χ1) is 13.2. The van der Waals surface area contributed by atoms with Gasteiger partial charge in [0, 0.05) is 42.8 Å². The van der Waals surface area contributed by atoms with Gasteiger partial charge < -0.3 is 15.0 Å². The van der Waals surface area contributed by atoms with E-state index in [9.17, 15) is 14.7 Å². The molecule has 4 atom stereocenters. The lowest BCUT2D eigenvalue weighted by molar-refractivity contribution is -0.124. The Hall–Kier alpha value is -1.92. The van der Waals surface area contributed by atoms with Gasteiger partial charge in [0.2, 0.25) is 5.91 Å². The average molecular weight is 371 g/mol. The highest BCUT2D eigenvalue weighted by atomic mass is 16.3. The third kappa shape index (κ3) is 3.15. The molecule has 2 aliphatic heterocycles. The van der Waals surface area contributed by atoms with Crippen molar-refractivity contribution in [2.75, 3.05) is 13.2 Å². The minimum Gasteiger partial charge on any atom is -0.396 e. The van der Waals surface area contributed by atoms with Gasteiger partial charge in [0.05, 0.1) is 12.1 Å². The van der Waals surface area contributed by atoms with E-state index >= 15 is 0 Å². The van der Waals surface area contributed by atoms with E-state index in [0.717, 1.165) is 36.9 Å². The first-order valence-electron chi connectivity index (χ1n) is 10.2. The highest BCUT2D eigenvalue weighted by molar-refractivity contribution is 5.82. The molecule has 1 aromatic rings. The molecular weight excluding hydrogens is 342 g/mol. The minimum absolute atomic E-state index is 0.0526. The lowest BCUT2D eigenvalue weighted by Gasteiger charge is -2.21. The Balaban J connectivity index is 1.61. The number of allylic oxidation sites excluding steroid dienone is 2. The molecule has 27 heavy (non-hydrogen) atoms. The van der Waals surface area contributed by atoms with Gasteiger partial charge >= 0.3 is 0 Å². The summed E-state index contributed by atoms with van der Waals surface area (Å²) in [6.45, 7) is 3.16. The van der Waals surface area contributed by atoms with E-state index in [2.05, 4.69) is 16.7 Å². The zero-order valence-electron chi connectivity index (χ0n) is 15.9. The molecule has 0 bridgehead atoms. The van der Waals surface area contributed by atoms with E-state index in [0.29, 0.717) is 13.1 Å². The molecule has 1 aromatic heterocycles. The molecule has 4 rings (SSSR count). The maximum absolute atomic E-state index is 13.1. The maximum atomic E-state index is 13.1. The van der Waals surface area contributed by atoms with E-state index in [1.165, 1.54) is 12.0 Å². The summed E-state index contributed by atoms with van der Waals surface area (Å²) in [6, 6.07) is 3.53. The van der Waals surface area contributed by atoms with Crippen LogP contribution in [0, 0.1) is 11.8 Å². The van der Waals surface area contributed by atoms with Crippen LogP contribution in [-0.2, 0) is 11.3 Å². The van der Waals surface area contributed by atoms with E-state index < -0.39 is 6.04 Å². The highest BCUT2D eigenvalue weighted by Gasteiger charge is 2.50. The molecule has 3 aliphatic rings. The number of aliphatic hydroxyl groups is 1. The van der Waals surface area contributed by atoms with Gasteiger partial charge in [-0.1, -0.05) is 13.0 Å². The van der Waals surface area contributed by atoms with Gasteiger partial charge in [-0.05, 0) is 49.8 Å². The molecule has 1 fully saturated rings. The molecule has 146 valence electrons. The molecular formula is C21H29N3O3. The number of fused-ring (bicyclic) bond motifs is 3. The smallest absolute Gasteiger partial charge is 0.258 e. The van der Waals surface area contributed by atoms with Crippen molar-refractivity contribution in [2.24, 2.45) is 11.8 Å². The van der Waals surface area contributed by atoms with Crippen LogP contribution in [0.15, 0.2) is 23.0 Å². The summed E-state index contributed by atoms with van der Waals surface area (Å²) in [4.78, 5) is 25.6. The Kier molecular flexibility index (Phi) is 5.19. The van der Waals surface area contributed by atoms with Crippen molar-refractivity contribution in [1.82, 2.24) is 15.2 Å². The third-order valence-corrected chi connectivity index (χ3v) is 6.36. The lowest BCUT2D eigenvalue weighted by atomic mass is 9.88. The van der Waals surface area contributed by atoms with Crippen molar-refractivity contribution >= 4 is 11.5 Å². The molecule has 6 heteroatoms. The van der Waals surface area contributed by atoms with E-state index in [1.54, 1.807) is 0 Å². The molecule has 1 aliphatic carbocycles. The zero-order valence-corrected chi connectivity index (χ0v) is 15.9. The van der Waals surface area contributed by atoms with Crippen molar-refractivity contribution < 1.29 is 9.90 Å². The minimum atomic E-state index is -0.402. The average Bonchev–Trinajstić information content (AvgIpc) is 3.23. The Morgan fingerprint density at radius 1 is 1.37 bits per heavy atom. The molecule has 1 saturated heterocycles. The number of pyridine rings is 1. The molecule has 3 heterocycles. The van der Waals surface area contributed by atoms with Crippen LogP contribution in [0.4, 0.5) is 0 Å². The van der Waals surface area contributed by atoms with Crippen LogP contribution >= 0.6 is 0 Å². The monoisotopic (exact) mass is 371 g/mol. The van der Waals surface area contributed by atoms with Gasteiger partial charge in [0.1, 0.15) is 0 Å². The van der Waals surface area contributed by atoms with Gasteiger partial charge in [-0.15, -0.1) is 0 Å². The number of hydrogen-bond donors (Lipinski definition) is 3. The van der Waals surface area contributed by atoms with Gasteiger partial charge in [0.25, 0.3) is 5.56 Å². The second kappa shape index (κ2) is 7.60. The first-order valence-corrected chi connectivity index (χ1v) is 10.2. The summed E-state index contributed by atoms with van der Waals surface area (Å²) < 4.78 is 1.86. The number of amides is 1. The van der Waals surface area contributed by atoms with Gasteiger partial charge in [-0.2, -0.15) is 0 Å². The second-order valence-corrected chi connectivity index (χ2v) is 7.99. The van der Waals surface area contributed by atoms with Crippen LogP contribution in [0.1, 0.15) is 56.3 Å². The quantitative estimate of drug-likeness (QED) is 0.734. The van der Waals surface area contributed by atoms with Crippen LogP contribution in [0.3, 0.4) is 0 Å². The predicted molar refractivity (Wildman–Crippen MR) is 104 cm³/mol. The third-order valence-electron chi connectivity index (χ3n) is 6.36. The van der Waals surface area contributed by atoms with Crippen molar-refractivity contribution in [1.29, 1.82) is 0 Å². The van der Waals surface area contributed by atoms with Crippen LogP contribution < -0.4 is 16.2 Å². The Morgan fingerprint density at radius 3 is 2.93 bits per heavy atom. The first kappa shape index (κ1) is 18.4. The van der Waals surface area contributed by atoms with Gasteiger partial charge in [-0.25, -0.2) is 0 Å². The summed E-state index contributed by atoms with van der Waals surface area (Å²) >= 11 is 0. The van der Waals surface area contributed by atoms with Crippen LogP contribution in [0.2, 0.25) is 0 Å². The largest absolute Gasteiger partial charge is 0.396 e. The van der Waals surface area contributed by atoms with E-state index in [4.69, 9.17) is 0 Å². The van der Waals surface area contributed by atoms with Gasteiger partial charge in [-0.3, -0.25) is 14.9 Å². The molecule has 0 saturated carbocycles. The van der Waals surface area contributed by atoms with E-state index in [1.807, 2.05) is 23.6 Å².